The van der Waals surface area contributed by atoms with Gasteiger partial charge >= 0.3 is 0 Å². The van der Waals surface area contributed by atoms with Crippen LogP contribution >= 0.6 is 0 Å². The highest BCUT2D eigenvalue weighted by Crippen LogP contribution is 2.23. The lowest BCUT2D eigenvalue weighted by Gasteiger charge is -2.07. The standard InChI is InChI=1S/C9H13NO4S/c1-2-5-14-7-3-4-8(10)9(6-7)15(11,12)13/h3-4,6H,2,5,10H2,1H3,(H,11,12,13). The molecule has 0 atom stereocenters. The van der Waals surface area contributed by atoms with Crippen molar-refractivity contribution in [2.75, 3.05) is 12.3 Å². The van der Waals surface area contributed by atoms with Gasteiger partial charge in [-0.05, 0) is 18.6 Å². The number of nitrogen functional groups attached to an aromatic ring is 1. The summed E-state index contributed by atoms with van der Waals surface area (Å²) in [6.07, 6.45) is 0.811. The second kappa shape index (κ2) is 4.50. The third kappa shape index (κ3) is 3.10. The molecule has 6 heteroatoms. The zero-order valence-corrected chi connectivity index (χ0v) is 9.12. The van der Waals surface area contributed by atoms with E-state index >= 15 is 0 Å². The Morgan fingerprint density at radius 1 is 1.47 bits per heavy atom. The maximum absolute atomic E-state index is 10.9. The van der Waals surface area contributed by atoms with Gasteiger partial charge in [0.25, 0.3) is 10.1 Å². The summed E-state index contributed by atoms with van der Waals surface area (Å²) in [5.74, 6) is 0.374. The summed E-state index contributed by atoms with van der Waals surface area (Å²) in [5.41, 5.74) is 5.41. The summed E-state index contributed by atoms with van der Waals surface area (Å²) in [7, 11) is -4.29. The molecule has 0 aromatic heterocycles. The third-order valence-electron chi connectivity index (χ3n) is 1.74. The molecule has 0 aliphatic rings. The Labute approximate surface area is 88.6 Å². The zero-order valence-electron chi connectivity index (χ0n) is 8.30. The van der Waals surface area contributed by atoms with Crippen LogP contribution in [0.25, 0.3) is 0 Å². The molecular formula is C9H13NO4S. The maximum atomic E-state index is 10.9. The minimum atomic E-state index is -4.29. The van der Waals surface area contributed by atoms with Crippen LogP contribution in [0.4, 0.5) is 5.69 Å². The molecule has 0 fully saturated rings. The van der Waals surface area contributed by atoms with Crippen LogP contribution in [-0.2, 0) is 10.1 Å². The first-order valence-corrected chi connectivity index (χ1v) is 5.89. The van der Waals surface area contributed by atoms with Crippen LogP contribution in [0.15, 0.2) is 23.1 Å². The van der Waals surface area contributed by atoms with Crippen LogP contribution < -0.4 is 10.5 Å². The Hall–Kier alpha value is -1.27. The van der Waals surface area contributed by atoms with E-state index in [0.29, 0.717) is 12.4 Å². The van der Waals surface area contributed by atoms with Crippen LogP contribution in [0, 0.1) is 0 Å². The Morgan fingerprint density at radius 2 is 2.13 bits per heavy atom. The van der Waals surface area contributed by atoms with Crippen LogP contribution in [0.1, 0.15) is 13.3 Å². The Bertz CT molecular complexity index is 441. The zero-order chi connectivity index (χ0) is 11.5. The Kier molecular flexibility index (Phi) is 3.54. The number of ether oxygens (including phenoxy) is 1. The number of anilines is 1. The predicted molar refractivity (Wildman–Crippen MR) is 56.5 cm³/mol. The van der Waals surface area contributed by atoms with Gasteiger partial charge in [-0.1, -0.05) is 6.92 Å². The average molecular weight is 231 g/mol. The first-order chi connectivity index (χ1) is 6.95. The average Bonchev–Trinajstić information content (AvgIpc) is 2.15. The first kappa shape index (κ1) is 11.8. The van der Waals surface area contributed by atoms with E-state index in [9.17, 15) is 8.42 Å². The van der Waals surface area contributed by atoms with Crippen molar-refractivity contribution in [3.63, 3.8) is 0 Å². The Morgan fingerprint density at radius 3 is 2.67 bits per heavy atom. The van der Waals surface area contributed by atoms with E-state index in [-0.39, 0.29) is 10.6 Å². The highest BCUT2D eigenvalue weighted by molar-refractivity contribution is 7.86. The van der Waals surface area contributed by atoms with Gasteiger partial charge in [0.1, 0.15) is 10.6 Å². The number of benzene rings is 1. The summed E-state index contributed by atoms with van der Waals surface area (Å²) in [6, 6.07) is 4.15. The van der Waals surface area contributed by atoms with Crippen LogP contribution in [0.3, 0.4) is 0 Å². The van der Waals surface area contributed by atoms with E-state index in [1.165, 1.54) is 12.1 Å². The molecule has 3 N–H and O–H groups in total. The molecule has 0 spiro atoms. The minimum absolute atomic E-state index is 0.00125. The van der Waals surface area contributed by atoms with Crippen LogP contribution in [0.2, 0.25) is 0 Å². The summed E-state index contributed by atoms with van der Waals surface area (Å²) >= 11 is 0. The molecule has 5 nitrogen and oxygen atoms in total. The lowest BCUT2D eigenvalue weighted by Crippen LogP contribution is -2.04. The summed E-state index contributed by atoms with van der Waals surface area (Å²) < 4.78 is 35.9. The van der Waals surface area contributed by atoms with Gasteiger partial charge in [-0.3, -0.25) is 4.55 Å². The van der Waals surface area contributed by atoms with Crippen molar-refractivity contribution in [3.8, 4) is 5.75 Å². The molecule has 15 heavy (non-hydrogen) atoms. The molecule has 0 radical (unpaired) electrons. The molecule has 0 aliphatic carbocycles. The largest absolute Gasteiger partial charge is 0.494 e. The van der Waals surface area contributed by atoms with Crippen molar-refractivity contribution in [2.24, 2.45) is 0 Å². The molecular weight excluding hydrogens is 218 g/mol. The van der Waals surface area contributed by atoms with E-state index in [2.05, 4.69) is 0 Å². The molecule has 0 aliphatic heterocycles. The van der Waals surface area contributed by atoms with E-state index in [4.69, 9.17) is 15.0 Å². The molecule has 0 bridgehead atoms. The number of hydrogen-bond donors (Lipinski definition) is 2. The highest BCUT2D eigenvalue weighted by Gasteiger charge is 2.14. The number of rotatable bonds is 4. The van der Waals surface area contributed by atoms with E-state index < -0.39 is 10.1 Å². The van der Waals surface area contributed by atoms with Crippen molar-refractivity contribution in [2.45, 2.75) is 18.2 Å². The van der Waals surface area contributed by atoms with E-state index in [0.717, 1.165) is 6.42 Å². The van der Waals surface area contributed by atoms with Gasteiger partial charge in [0, 0.05) is 6.07 Å². The van der Waals surface area contributed by atoms with Gasteiger partial charge in [-0.2, -0.15) is 8.42 Å². The lowest BCUT2D eigenvalue weighted by molar-refractivity contribution is 0.316. The SMILES string of the molecule is CCCOc1ccc(N)c(S(=O)(=O)O)c1. The van der Waals surface area contributed by atoms with Crippen molar-refractivity contribution in [1.82, 2.24) is 0 Å². The molecule has 1 aromatic rings. The van der Waals surface area contributed by atoms with Crippen molar-refractivity contribution >= 4 is 15.8 Å². The van der Waals surface area contributed by atoms with Gasteiger partial charge in [-0.25, -0.2) is 0 Å². The molecule has 0 saturated carbocycles. The van der Waals surface area contributed by atoms with Gasteiger partial charge in [0.05, 0.1) is 12.3 Å². The van der Waals surface area contributed by atoms with Gasteiger partial charge in [0.15, 0.2) is 0 Å². The summed E-state index contributed by atoms with van der Waals surface area (Å²) in [5, 5.41) is 0. The topological polar surface area (TPSA) is 89.6 Å². The summed E-state index contributed by atoms with van der Waals surface area (Å²) in [6.45, 7) is 2.41. The minimum Gasteiger partial charge on any atom is -0.494 e. The van der Waals surface area contributed by atoms with E-state index in [1.807, 2.05) is 6.92 Å². The molecule has 84 valence electrons. The quantitative estimate of drug-likeness (QED) is 0.602. The third-order valence-corrected chi connectivity index (χ3v) is 2.65. The van der Waals surface area contributed by atoms with E-state index in [1.54, 1.807) is 6.07 Å². The normalized spacial score (nSPS) is 11.3. The lowest BCUT2D eigenvalue weighted by atomic mass is 10.3. The monoisotopic (exact) mass is 231 g/mol. The number of hydrogen-bond acceptors (Lipinski definition) is 4. The van der Waals surface area contributed by atoms with Crippen LogP contribution in [-0.4, -0.2) is 19.6 Å². The predicted octanol–water partition coefficient (Wildman–Crippen LogP) is 1.30. The molecule has 0 heterocycles. The fourth-order valence-corrected chi connectivity index (χ4v) is 1.68. The molecule has 0 unspecified atom stereocenters. The summed E-state index contributed by atoms with van der Waals surface area (Å²) in [4.78, 5) is -0.323. The number of nitrogens with two attached hydrogens (primary N) is 1. The van der Waals surface area contributed by atoms with Crippen molar-refractivity contribution < 1.29 is 17.7 Å². The van der Waals surface area contributed by atoms with Crippen molar-refractivity contribution in [1.29, 1.82) is 0 Å². The van der Waals surface area contributed by atoms with Gasteiger partial charge < -0.3 is 10.5 Å². The smallest absolute Gasteiger partial charge is 0.296 e. The van der Waals surface area contributed by atoms with Gasteiger partial charge in [-0.15, -0.1) is 0 Å². The molecule has 0 amide bonds. The molecule has 1 aromatic carbocycles. The molecule has 0 saturated heterocycles. The maximum Gasteiger partial charge on any atom is 0.296 e. The Balaban J connectivity index is 3.06. The second-order valence-corrected chi connectivity index (χ2v) is 4.41. The fraction of sp³-hybridized carbons (Fsp3) is 0.333. The second-order valence-electron chi connectivity index (χ2n) is 3.02. The van der Waals surface area contributed by atoms with Crippen LogP contribution in [0.5, 0.6) is 5.75 Å². The fourth-order valence-electron chi connectivity index (χ4n) is 1.05. The van der Waals surface area contributed by atoms with Gasteiger partial charge in [0.2, 0.25) is 0 Å². The van der Waals surface area contributed by atoms with Crippen molar-refractivity contribution in [3.05, 3.63) is 18.2 Å². The highest BCUT2D eigenvalue weighted by atomic mass is 32.2. The first-order valence-electron chi connectivity index (χ1n) is 4.45. The molecule has 1 rings (SSSR count).